The average Bonchev–Trinajstić information content (AvgIpc) is 2.28. The maximum atomic E-state index is 10.7. The van der Waals surface area contributed by atoms with E-state index >= 15 is 0 Å². The molecule has 3 nitrogen and oxygen atoms in total. The normalized spacial score (nSPS) is 21.6. The topological polar surface area (TPSA) is 63.3 Å². The zero-order valence-corrected chi connectivity index (χ0v) is 10.3. The summed E-state index contributed by atoms with van der Waals surface area (Å²) in [5.74, 6) is 0.880. The number of nitrogens with two attached hydrogens (primary N) is 1. The van der Waals surface area contributed by atoms with E-state index in [1.807, 2.05) is 0 Å². The minimum atomic E-state index is -0.716. The van der Waals surface area contributed by atoms with Crippen LogP contribution >= 0.6 is 0 Å². The molecule has 2 unspecified atom stereocenters. The van der Waals surface area contributed by atoms with E-state index in [2.05, 4.69) is 6.92 Å². The highest BCUT2D eigenvalue weighted by Crippen LogP contribution is 2.33. The van der Waals surface area contributed by atoms with Crippen molar-refractivity contribution < 1.29 is 9.90 Å². The van der Waals surface area contributed by atoms with Crippen molar-refractivity contribution >= 4 is 5.97 Å². The first-order valence-electron chi connectivity index (χ1n) is 6.55. The lowest BCUT2D eigenvalue weighted by atomic mass is 9.77. The van der Waals surface area contributed by atoms with Crippen LogP contribution in [0.4, 0.5) is 0 Å². The van der Waals surface area contributed by atoms with Gasteiger partial charge in [0.05, 0.1) is 0 Å². The van der Waals surface area contributed by atoms with E-state index in [1.165, 1.54) is 32.1 Å². The Labute approximate surface area is 98.4 Å². The Balaban J connectivity index is 2.34. The number of carbonyl (C=O) groups is 1. The molecule has 0 aliphatic heterocycles. The number of hydrogen-bond donors (Lipinski definition) is 2. The van der Waals surface area contributed by atoms with Gasteiger partial charge in [0.1, 0.15) is 0 Å². The molecule has 16 heavy (non-hydrogen) atoms. The molecule has 1 aliphatic rings. The Bertz CT molecular complexity index is 212. The van der Waals surface area contributed by atoms with Crippen LogP contribution < -0.4 is 5.73 Å². The van der Waals surface area contributed by atoms with Crippen LogP contribution in [0.3, 0.4) is 0 Å². The van der Waals surface area contributed by atoms with E-state index in [9.17, 15) is 4.79 Å². The number of aliphatic carboxylic acids is 1. The third-order valence-electron chi connectivity index (χ3n) is 3.96. The van der Waals surface area contributed by atoms with Gasteiger partial charge in [-0.05, 0) is 30.7 Å². The Kier molecular flexibility index (Phi) is 5.81. The molecule has 0 amide bonds. The van der Waals surface area contributed by atoms with E-state index in [-0.39, 0.29) is 12.3 Å². The lowest BCUT2D eigenvalue weighted by Crippen LogP contribution is -2.24. The third-order valence-corrected chi connectivity index (χ3v) is 3.96. The third kappa shape index (κ3) is 4.52. The predicted molar refractivity (Wildman–Crippen MR) is 65.2 cm³/mol. The van der Waals surface area contributed by atoms with Gasteiger partial charge in [-0.2, -0.15) is 0 Å². The molecule has 0 aromatic heterocycles. The smallest absolute Gasteiger partial charge is 0.303 e. The van der Waals surface area contributed by atoms with Crippen LogP contribution in [0.25, 0.3) is 0 Å². The molecule has 2 atom stereocenters. The van der Waals surface area contributed by atoms with Crippen LogP contribution in [0.15, 0.2) is 0 Å². The number of rotatable bonds is 6. The van der Waals surface area contributed by atoms with Gasteiger partial charge in [0.25, 0.3) is 0 Å². The molecule has 0 aromatic carbocycles. The molecule has 0 radical (unpaired) electrons. The number of carboxylic acids is 1. The van der Waals surface area contributed by atoms with Gasteiger partial charge >= 0.3 is 5.97 Å². The Morgan fingerprint density at radius 1 is 1.38 bits per heavy atom. The average molecular weight is 227 g/mol. The standard InChI is InChI=1S/C13H25NO2/c1-10(12-5-3-2-4-6-12)7-11(9-14)8-13(15)16/h10-12H,2-9,14H2,1H3,(H,15,16). The molecule has 3 N–H and O–H groups in total. The molecule has 0 heterocycles. The van der Waals surface area contributed by atoms with Gasteiger partial charge in [0.15, 0.2) is 0 Å². The summed E-state index contributed by atoms with van der Waals surface area (Å²) in [5, 5.41) is 8.78. The molecule has 3 heteroatoms. The van der Waals surface area contributed by atoms with Gasteiger partial charge in [-0.25, -0.2) is 0 Å². The number of hydrogen-bond acceptors (Lipinski definition) is 2. The molecule has 1 saturated carbocycles. The fourth-order valence-electron chi connectivity index (χ4n) is 2.93. The monoisotopic (exact) mass is 227 g/mol. The van der Waals surface area contributed by atoms with Gasteiger partial charge in [-0.3, -0.25) is 4.79 Å². The summed E-state index contributed by atoms with van der Waals surface area (Å²) in [5.41, 5.74) is 5.64. The fourth-order valence-corrected chi connectivity index (χ4v) is 2.93. The van der Waals surface area contributed by atoms with Crippen LogP contribution in [0.2, 0.25) is 0 Å². The Hall–Kier alpha value is -0.570. The van der Waals surface area contributed by atoms with Crippen molar-refractivity contribution in [1.82, 2.24) is 0 Å². The quantitative estimate of drug-likeness (QED) is 0.733. The minimum Gasteiger partial charge on any atom is -0.481 e. The van der Waals surface area contributed by atoms with Crippen LogP contribution in [0.5, 0.6) is 0 Å². The lowest BCUT2D eigenvalue weighted by Gasteiger charge is -2.29. The van der Waals surface area contributed by atoms with Crippen molar-refractivity contribution in [2.24, 2.45) is 23.5 Å². The zero-order chi connectivity index (χ0) is 12.0. The molecule has 94 valence electrons. The van der Waals surface area contributed by atoms with Crippen molar-refractivity contribution in [3.63, 3.8) is 0 Å². The SMILES string of the molecule is CC(CC(CN)CC(=O)O)C1CCCCC1. The van der Waals surface area contributed by atoms with Gasteiger partial charge in [-0.1, -0.05) is 39.0 Å². The predicted octanol–water partition coefficient (Wildman–Crippen LogP) is 2.64. The molecular formula is C13H25NO2. The highest BCUT2D eigenvalue weighted by Gasteiger charge is 2.23. The van der Waals surface area contributed by atoms with Gasteiger partial charge in [0.2, 0.25) is 0 Å². The molecule has 1 rings (SSSR count). The number of carboxylic acid groups (broad SMARTS) is 1. The second-order valence-corrected chi connectivity index (χ2v) is 5.31. The van der Waals surface area contributed by atoms with Crippen molar-refractivity contribution in [3.05, 3.63) is 0 Å². The minimum absolute atomic E-state index is 0.162. The van der Waals surface area contributed by atoms with E-state index in [0.717, 1.165) is 12.3 Å². The molecule has 0 saturated heterocycles. The Morgan fingerprint density at radius 2 is 2.00 bits per heavy atom. The van der Waals surface area contributed by atoms with Crippen LogP contribution in [-0.4, -0.2) is 17.6 Å². The van der Waals surface area contributed by atoms with E-state index < -0.39 is 5.97 Å². The second kappa shape index (κ2) is 6.89. The van der Waals surface area contributed by atoms with Crippen molar-refractivity contribution in [2.45, 2.75) is 51.9 Å². The van der Waals surface area contributed by atoms with Gasteiger partial charge in [0, 0.05) is 6.42 Å². The summed E-state index contributed by atoms with van der Waals surface area (Å²) in [6, 6.07) is 0. The largest absolute Gasteiger partial charge is 0.481 e. The molecule has 0 spiro atoms. The van der Waals surface area contributed by atoms with Crippen molar-refractivity contribution in [2.75, 3.05) is 6.54 Å². The van der Waals surface area contributed by atoms with Crippen molar-refractivity contribution in [3.8, 4) is 0 Å². The first kappa shape index (κ1) is 13.5. The summed E-state index contributed by atoms with van der Waals surface area (Å²) in [6.45, 7) is 2.77. The summed E-state index contributed by atoms with van der Waals surface area (Å²) >= 11 is 0. The van der Waals surface area contributed by atoms with E-state index in [1.54, 1.807) is 0 Å². The fraction of sp³-hybridized carbons (Fsp3) is 0.923. The van der Waals surface area contributed by atoms with Crippen molar-refractivity contribution in [1.29, 1.82) is 0 Å². The molecular weight excluding hydrogens is 202 g/mol. The first-order chi connectivity index (χ1) is 7.63. The Morgan fingerprint density at radius 3 is 2.50 bits per heavy atom. The van der Waals surface area contributed by atoms with Crippen LogP contribution in [-0.2, 0) is 4.79 Å². The molecule has 1 fully saturated rings. The highest BCUT2D eigenvalue weighted by atomic mass is 16.4. The molecule has 0 aromatic rings. The maximum Gasteiger partial charge on any atom is 0.303 e. The summed E-state index contributed by atoms with van der Waals surface area (Å²) in [7, 11) is 0. The van der Waals surface area contributed by atoms with Crippen LogP contribution in [0, 0.1) is 17.8 Å². The zero-order valence-electron chi connectivity index (χ0n) is 10.3. The maximum absolute atomic E-state index is 10.7. The summed E-state index contributed by atoms with van der Waals surface area (Å²) in [4.78, 5) is 10.7. The first-order valence-corrected chi connectivity index (χ1v) is 6.55. The molecule has 1 aliphatic carbocycles. The second-order valence-electron chi connectivity index (χ2n) is 5.31. The van der Waals surface area contributed by atoms with Gasteiger partial charge in [-0.15, -0.1) is 0 Å². The van der Waals surface area contributed by atoms with E-state index in [4.69, 9.17) is 10.8 Å². The lowest BCUT2D eigenvalue weighted by molar-refractivity contribution is -0.138. The van der Waals surface area contributed by atoms with Crippen LogP contribution in [0.1, 0.15) is 51.9 Å². The highest BCUT2D eigenvalue weighted by molar-refractivity contribution is 5.67. The summed E-state index contributed by atoms with van der Waals surface area (Å²) < 4.78 is 0. The molecule has 0 bridgehead atoms. The van der Waals surface area contributed by atoms with E-state index in [0.29, 0.717) is 12.5 Å². The summed E-state index contributed by atoms with van der Waals surface area (Å²) in [6.07, 6.45) is 7.93. The van der Waals surface area contributed by atoms with Gasteiger partial charge < -0.3 is 10.8 Å².